The second kappa shape index (κ2) is 52.4. The van der Waals surface area contributed by atoms with Crippen LogP contribution in [-0.4, -0.2) is 5.21 Å². The van der Waals surface area contributed by atoms with Crippen molar-refractivity contribution >= 4 is 0 Å². The Bertz CT molecular complexity index is 30.7. The second-order valence-electron chi connectivity index (χ2n) is 0.156. The van der Waals surface area contributed by atoms with Crippen molar-refractivity contribution in [3.05, 3.63) is 15.0 Å². The van der Waals surface area contributed by atoms with Crippen LogP contribution in [0.15, 0.2) is 10.7 Å². The van der Waals surface area contributed by atoms with Gasteiger partial charge in [-0.25, -0.2) is 0 Å². The van der Waals surface area contributed by atoms with Gasteiger partial charge >= 0.3 is 0 Å². The average Bonchev–Trinajstić information content (AvgIpc) is 1.39. The molecular weight excluding hydrogens is 193 g/mol. The molecule has 0 aromatic carbocycles. The minimum Gasteiger partial charge on any atom is -0.444 e. The second-order valence-corrected chi connectivity index (χ2v) is 0.156. The van der Waals surface area contributed by atoms with E-state index in [1.54, 1.807) is 0 Å². The van der Waals surface area contributed by atoms with Gasteiger partial charge in [0.15, 0.2) is 5.34 Å². The maximum Gasteiger partial charge on any atom is 0.152 e. The fraction of sp³-hybridized carbons (Fsp3) is 0. The van der Waals surface area contributed by atoms with Crippen molar-refractivity contribution in [1.29, 1.82) is 0 Å². The molecule has 0 bridgehead atoms. The van der Waals surface area contributed by atoms with E-state index < -0.39 is 0 Å². The molecule has 1 N–H and O–H groups in total. The molecule has 6 nitrogen and oxygen atoms in total. The maximum absolute atomic E-state index is 8.11. The van der Waals surface area contributed by atoms with Crippen molar-refractivity contribution in [2.75, 3.05) is 0 Å². The van der Waals surface area contributed by atoms with E-state index in [1.165, 1.54) is 5.34 Å². The van der Waals surface area contributed by atoms with Gasteiger partial charge in [0.25, 0.3) is 0 Å². The molecular formula is HN2O4Ru-. The fourth-order valence-corrected chi connectivity index (χ4v) is 0. The average molecular weight is 194 g/mol. The molecule has 0 fully saturated rings. The van der Waals surface area contributed by atoms with Crippen molar-refractivity contribution in [2.45, 2.75) is 0 Å². The molecule has 0 aliphatic rings. The van der Waals surface area contributed by atoms with Gasteiger partial charge in [-0.15, -0.1) is 10.2 Å². The standard InChI is InChI=1S/2HNO2.Ru/c2*2-1-3;/h2*(H,2,3);/p-1. The maximum atomic E-state index is 8.11. The fourth-order valence-electron chi connectivity index (χ4n) is 0. The summed E-state index contributed by atoms with van der Waals surface area (Å²) in [5.74, 6) is 0. The van der Waals surface area contributed by atoms with Crippen LogP contribution in [0, 0.1) is 15.0 Å². The molecule has 0 aromatic rings. The Labute approximate surface area is 51.1 Å². The summed E-state index contributed by atoms with van der Waals surface area (Å²) in [6.45, 7) is 0. The predicted molar refractivity (Wildman–Crippen MR) is 16.7 cm³/mol. The van der Waals surface area contributed by atoms with Crippen LogP contribution in [0.3, 0.4) is 0 Å². The molecule has 7 heavy (non-hydrogen) atoms. The van der Waals surface area contributed by atoms with E-state index in [2.05, 4.69) is 0 Å². The quantitative estimate of drug-likeness (QED) is 0.342. The first kappa shape index (κ1) is 16.1. The zero-order valence-corrected chi connectivity index (χ0v) is 4.66. The summed E-state index contributed by atoms with van der Waals surface area (Å²) in [7, 11) is 0. The van der Waals surface area contributed by atoms with E-state index in [-0.39, 0.29) is 19.5 Å². The minimum absolute atomic E-state index is 0. The van der Waals surface area contributed by atoms with Gasteiger partial charge in [-0.3, -0.25) is 0 Å². The first-order valence-electron chi connectivity index (χ1n) is 0.748. The first-order valence-corrected chi connectivity index (χ1v) is 0.748. The van der Waals surface area contributed by atoms with Crippen LogP contribution in [0.1, 0.15) is 0 Å². The van der Waals surface area contributed by atoms with Gasteiger partial charge in [-0.1, -0.05) is 0 Å². The molecule has 0 aliphatic heterocycles. The summed E-state index contributed by atoms with van der Waals surface area (Å²) in [5, 5.41) is 16.9. The third-order valence-corrected chi connectivity index (χ3v) is 0. The summed E-state index contributed by atoms with van der Waals surface area (Å²) in [5.41, 5.74) is 0. The van der Waals surface area contributed by atoms with Gasteiger partial charge in [0.1, 0.15) is 0 Å². The van der Waals surface area contributed by atoms with Gasteiger partial charge in [0.05, 0.1) is 0 Å². The summed E-state index contributed by atoms with van der Waals surface area (Å²) in [6, 6.07) is 0. The zero-order valence-electron chi connectivity index (χ0n) is 2.92. The monoisotopic (exact) mass is 195 g/mol. The molecule has 0 aromatic heterocycles. The van der Waals surface area contributed by atoms with Crippen molar-refractivity contribution in [3.63, 3.8) is 0 Å². The molecule has 7 heteroatoms. The molecule has 0 saturated heterocycles. The molecule has 0 aliphatic carbocycles. The number of hydrogen-bond acceptors (Lipinski definition) is 5. The van der Waals surface area contributed by atoms with Crippen LogP contribution in [-0.2, 0) is 19.5 Å². The molecule has 0 spiro atoms. The SMILES string of the molecule is O=NO.O=N[O-].[Ru]. The van der Waals surface area contributed by atoms with E-state index >= 15 is 0 Å². The van der Waals surface area contributed by atoms with Crippen LogP contribution < -0.4 is 0 Å². The zero-order chi connectivity index (χ0) is 5.41. The summed E-state index contributed by atoms with van der Waals surface area (Å²) in [6.07, 6.45) is 0. The van der Waals surface area contributed by atoms with E-state index in [1.807, 2.05) is 0 Å². The summed E-state index contributed by atoms with van der Waals surface area (Å²) < 4.78 is 0. The van der Waals surface area contributed by atoms with E-state index in [4.69, 9.17) is 20.2 Å². The first-order chi connectivity index (χ1) is 2.83. The topological polar surface area (TPSA) is 102 Å². The van der Waals surface area contributed by atoms with E-state index in [0.29, 0.717) is 0 Å². The summed E-state index contributed by atoms with van der Waals surface area (Å²) >= 11 is 0. The smallest absolute Gasteiger partial charge is 0.152 e. The van der Waals surface area contributed by atoms with Gasteiger partial charge in [-0.05, 0) is 0 Å². The third kappa shape index (κ3) is 191. The Morgan fingerprint density at radius 1 is 1.43 bits per heavy atom. The van der Waals surface area contributed by atoms with Crippen molar-refractivity contribution in [1.82, 2.24) is 0 Å². The number of hydrogen-bond donors (Lipinski definition) is 1. The molecule has 0 radical (unpaired) electrons. The number of rotatable bonds is 0. The van der Waals surface area contributed by atoms with Crippen molar-refractivity contribution in [3.8, 4) is 0 Å². The van der Waals surface area contributed by atoms with Crippen molar-refractivity contribution in [2.24, 2.45) is 10.7 Å². The summed E-state index contributed by atoms with van der Waals surface area (Å²) in [4.78, 5) is 16.1. The van der Waals surface area contributed by atoms with Gasteiger partial charge in [-0.2, -0.15) is 0 Å². The molecule has 0 rings (SSSR count). The Kier molecular flexibility index (Phi) is 121. The predicted octanol–water partition coefficient (Wildman–Crippen LogP) is 0.390. The molecule has 0 saturated carbocycles. The Morgan fingerprint density at radius 3 is 1.43 bits per heavy atom. The number of nitrogens with zero attached hydrogens (tertiary/aromatic N) is 2. The van der Waals surface area contributed by atoms with Crippen molar-refractivity contribution < 1.29 is 24.7 Å². The van der Waals surface area contributed by atoms with E-state index in [9.17, 15) is 0 Å². The Balaban J connectivity index is -0.0000000400. The normalized spacial score (nSPS) is 3.43. The van der Waals surface area contributed by atoms with Crippen LogP contribution >= 0.6 is 0 Å². The molecule has 0 heterocycles. The van der Waals surface area contributed by atoms with Gasteiger partial charge < -0.3 is 15.3 Å². The molecule has 44 valence electrons. The largest absolute Gasteiger partial charge is 0.444 e. The minimum atomic E-state index is 0. The van der Waals surface area contributed by atoms with Gasteiger partial charge in [0, 0.05) is 19.5 Å². The van der Waals surface area contributed by atoms with Crippen LogP contribution in [0.25, 0.3) is 0 Å². The molecule has 0 unspecified atom stereocenters. The third-order valence-electron chi connectivity index (χ3n) is 0. The Morgan fingerprint density at radius 2 is 1.43 bits per heavy atom. The molecule has 0 amide bonds. The van der Waals surface area contributed by atoms with E-state index in [0.717, 1.165) is 5.34 Å². The van der Waals surface area contributed by atoms with Crippen LogP contribution in [0.4, 0.5) is 0 Å². The van der Waals surface area contributed by atoms with Crippen LogP contribution in [0.2, 0.25) is 0 Å². The molecule has 0 atom stereocenters. The Hall–Kier alpha value is -0.577. The van der Waals surface area contributed by atoms with Crippen LogP contribution in [0.5, 0.6) is 0 Å². The van der Waals surface area contributed by atoms with Gasteiger partial charge in [0.2, 0.25) is 0 Å².